The van der Waals surface area contributed by atoms with Gasteiger partial charge in [0.05, 0.1) is 13.2 Å². The first-order valence-corrected chi connectivity index (χ1v) is 7.21. The van der Waals surface area contributed by atoms with E-state index in [2.05, 4.69) is 12.2 Å². The fraction of sp³-hybridized carbons (Fsp3) is 0.333. The van der Waals surface area contributed by atoms with Crippen molar-refractivity contribution in [2.45, 2.75) is 26.8 Å². The second-order valence-electron chi connectivity index (χ2n) is 5.19. The smallest absolute Gasteiger partial charge is 0.123 e. The van der Waals surface area contributed by atoms with Gasteiger partial charge < -0.3 is 10.1 Å². The number of ether oxygens (including phenoxy) is 1. The maximum Gasteiger partial charge on any atom is 0.123 e. The average molecular weight is 287 g/mol. The van der Waals surface area contributed by atoms with E-state index in [1.165, 1.54) is 0 Å². The van der Waals surface area contributed by atoms with Crippen LogP contribution in [0.1, 0.15) is 35.2 Å². The highest BCUT2D eigenvalue weighted by molar-refractivity contribution is 5.47. The summed E-state index contributed by atoms with van der Waals surface area (Å²) < 4.78 is 19.0. The van der Waals surface area contributed by atoms with E-state index in [1.54, 1.807) is 19.2 Å². The van der Waals surface area contributed by atoms with Crippen molar-refractivity contribution in [1.29, 1.82) is 0 Å². The maximum atomic E-state index is 13.6. The second kappa shape index (κ2) is 6.72. The molecule has 0 amide bonds. The summed E-state index contributed by atoms with van der Waals surface area (Å²) in [6.45, 7) is 6.78. The van der Waals surface area contributed by atoms with Crippen molar-refractivity contribution in [1.82, 2.24) is 5.32 Å². The van der Waals surface area contributed by atoms with Crippen molar-refractivity contribution in [2.24, 2.45) is 0 Å². The molecule has 0 saturated heterocycles. The quantitative estimate of drug-likeness (QED) is 0.892. The summed E-state index contributed by atoms with van der Waals surface area (Å²) in [4.78, 5) is 0. The lowest BCUT2D eigenvalue weighted by atomic mass is 9.90. The van der Waals surface area contributed by atoms with Gasteiger partial charge in [-0.15, -0.1) is 0 Å². The van der Waals surface area contributed by atoms with Gasteiger partial charge >= 0.3 is 0 Å². The number of hydrogen-bond acceptors (Lipinski definition) is 2. The molecule has 0 radical (unpaired) electrons. The molecule has 0 aliphatic heterocycles. The van der Waals surface area contributed by atoms with Gasteiger partial charge in [-0.25, -0.2) is 4.39 Å². The lowest BCUT2D eigenvalue weighted by Crippen LogP contribution is -2.24. The number of para-hydroxylation sites is 1. The number of halogens is 1. The van der Waals surface area contributed by atoms with Crippen molar-refractivity contribution in [3.05, 3.63) is 64.5 Å². The molecule has 1 N–H and O–H groups in total. The third-order valence-electron chi connectivity index (χ3n) is 3.71. The zero-order valence-corrected chi connectivity index (χ0v) is 13.0. The monoisotopic (exact) mass is 287 g/mol. The molecular weight excluding hydrogens is 265 g/mol. The van der Waals surface area contributed by atoms with E-state index in [9.17, 15) is 4.39 Å². The normalized spacial score (nSPS) is 12.2. The summed E-state index contributed by atoms with van der Waals surface area (Å²) in [5.41, 5.74) is 4.08. The van der Waals surface area contributed by atoms with E-state index in [0.717, 1.165) is 34.5 Å². The molecule has 0 heterocycles. The lowest BCUT2D eigenvalue weighted by Gasteiger charge is -2.24. The average Bonchev–Trinajstić information content (AvgIpc) is 2.45. The first-order chi connectivity index (χ1) is 10.1. The van der Waals surface area contributed by atoms with Crippen LogP contribution in [0.5, 0.6) is 5.75 Å². The Bertz CT molecular complexity index is 601. The fourth-order valence-electron chi connectivity index (χ4n) is 2.85. The van der Waals surface area contributed by atoms with Crippen molar-refractivity contribution in [3.63, 3.8) is 0 Å². The molecule has 0 aromatic heterocycles. The van der Waals surface area contributed by atoms with Crippen molar-refractivity contribution in [2.75, 3.05) is 13.7 Å². The fourth-order valence-corrected chi connectivity index (χ4v) is 2.85. The van der Waals surface area contributed by atoms with Crippen LogP contribution in [-0.4, -0.2) is 13.7 Å². The van der Waals surface area contributed by atoms with Crippen LogP contribution < -0.4 is 10.1 Å². The van der Waals surface area contributed by atoms with E-state index >= 15 is 0 Å². The minimum Gasteiger partial charge on any atom is -0.496 e. The molecular formula is C18H22FNO. The summed E-state index contributed by atoms with van der Waals surface area (Å²) in [7, 11) is 1.67. The van der Waals surface area contributed by atoms with E-state index in [0.29, 0.717) is 0 Å². The molecule has 2 aromatic carbocycles. The Labute approximate surface area is 126 Å². The van der Waals surface area contributed by atoms with Crippen LogP contribution in [0, 0.1) is 19.7 Å². The van der Waals surface area contributed by atoms with Gasteiger partial charge in [0.15, 0.2) is 0 Å². The molecule has 2 nitrogen and oxygen atoms in total. The molecule has 0 fully saturated rings. The minimum atomic E-state index is -0.191. The van der Waals surface area contributed by atoms with Gasteiger partial charge in [-0.1, -0.05) is 25.1 Å². The maximum absolute atomic E-state index is 13.6. The highest BCUT2D eigenvalue weighted by Crippen LogP contribution is 2.33. The third-order valence-corrected chi connectivity index (χ3v) is 3.71. The third kappa shape index (κ3) is 3.24. The molecule has 3 heteroatoms. The summed E-state index contributed by atoms with van der Waals surface area (Å²) in [5, 5.41) is 3.49. The molecule has 1 unspecified atom stereocenters. The molecule has 1 atom stereocenters. The van der Waals surface area contributed by atoms with E-state index in [1.807, 2.05) is 38.1 Å². The molecule has 0 bridgehead atoms. The summed E-state index contributed by atoms with van der Waals surface area (Å²) >= 11 is 0. The Hall–Kier alpha value is -1.87. The number of nitrogens with one attached hydrogen (secondary N) is 1. The molecule has 0 aliphatic carbocycles. The largest absolute Gasteiger partial charge is 0.496 e. The van der Waals surface area contributed by atoms with Crippen molar-refractivity contribution in [3.8, 4) is 5.75 Å². The Balaban J connectivity index is 2.59. The number of methoxy groups -OCH3 is 1. The predicted molar refractivity (Wildman–Crippen MR) is 84.4 cm³/mol. The lowest BCUT2D eigenvalue weighted by molar-refractivity contribution is 0.404. The van der Waals surface area contributed by atoms with Crippen LogP contribution in [0.25, 0.3) is 0 Å². The summed E-state index contributed by atoms with van der Waals surface area (Å²) in [5.74, 6) is 0.649. The van der Waals surface area contributed by atoms with Crippen LogP contribution >= 0.6 is 0 Å². The number of benzene rings is 2. The van der Waals surface area contributed by atoms with Crippen LogP contribution in [0.15, 0.2) is 36.4 Å². The van der Waals surface area contributed by atoms with Gasteiger partial charge in [-0.2, -0.15) is 0 Å². The molecule has 112 valence electrons. The van der Waals surface area contributed by atoms with Crippen LogP contribution in [-0.2, 0) is 0 Å². The predicted octanol–water partition coefficient (Wildman–Crippen LogP) is 4.15. The highest BCUT2D eigenvalue weighted by Gasteiger charge is 2.21. The minimum absolute atomic E-state index is 0.00764. The molecule has 21 heavy (non-hydrogen) atoms. The van der Waals surface area contributed by atoms with Gasteiger partial charge in [-0.3, -0.25) is 0 Å². The number of rotatable bonds is 5. The van der Waals surface area contributed by atoms with Gasteiger partial charge in [-0.05, 0) is 55.3 Å². The Morgan fingerprint density at radius 3 is 2.33 bits per heavy atom. The standard InChI is InChI=1S/C18H22FNO/c1-5-20-18(15-8-6-7-9-16(15)21-4)17-12(2)10-14(19)11-13(17)3/h6-11,18,20H,5H2,1-4H3. The topological polar surface area (TPSA) is 21.3 Å². The van der Waals surface area contributed by atoms with Gasteiger partial charge in [0.25, 0.3) is 0 Å². The van der Waals surface area contributed by atoms with Gasteiger partial charge in [0.2, 0.25) is 0 Å². The summed E-state index contributed by atoms with van der Waals surface area (Å²) in [6, 6.07) is 11.1. The van der Waals surface area contributed by atoms with Crippen molar-refractivity contribution >= 4 is 0 Å². The Kier molecular flexibility index (Phi) is 4.97. The van der Waals surface area contributed by atoms with Crippen LogP contribution in [0.2, 0.25) is 0 Å². The Morgan fingerprint density at radius 2 is 1.76 bits per heavy atom. The number of hydrogen-bond donors (Lipinski definition) is 1. The van der Waals surface area contributed by atoms with Gasteiger partial charge in [0.1, 0.15) is 11.6 Å². The molecule has 0 aliphatic rings. The number of aryl methyl sites for hydroxylation is 2. The van der Waals surface area contributed by atoms with E-state index < -0.39 is 0 Å². The SMILES string of the molecule is CCNC(c1ccccc1OC)c1c(C)cc(F)cc1C. The molecule has 0 spiro atoms. The second-order valence-corrected chi connectivity index (χ2v) is 5.19. The zero-order valence-electron chi connectivity index (χ0n) is 13.0. The van der Waals surface area contributed by atoms with E-state index in [-0.39, 0.29) is 11.9 Å². The Morgan fingerprint density at radius 1 is 1.14 bits per heavy atom. The first kappa shape index (κ1) is 15.5. The van der Waals surface area contributed by atoms with Gasteiger partial charge in [0, 0.05) is 5.56 Å². The molecule has 0 saturated carbocycles. The van der Waals surface area contributed by atoms with Crippen LogP contribution in [0.4, 0.5) is 4.39 Å². The molecule has 2 aromatic rings. The molecule has 2 rings (SSSR count). The zero-order chi connectivity index (χ0) is 15.4. The summed E-state index contributed by atoms with van der Waals surface area (Å²) in [6.07, 6.45) is 0. The first-order valence-electron chi connectivity index (χ1n) is 7.21. The highest BCUT2D eigenvalue weighted by atomic mass is 19.1. The van der Waals surface area contributed by atoms with Crippen molar-refractivity contribution < 1.29 is 9.13 Å². The van der Waals surface area contributed by atoms with E-state index in [4.69, 9.17) is 4.74 Å². The van der Waals surface area contributed by atoms with Crippen LogP contribution in [0.3, 0.4) is 0 Å².